The maximum Gasteiger partial charge on any atom is 0.316 e. The zero-order valence-corrected chi connectivity index (χ0v) is 8.98. The molecular weight excluding hydrogens is 186 g/mol. The number of carbonyl (C=O) groups is 1. The van der Waals surface area contributed by atoms with Gasteiger partial charge in [-0.2, -0.15) is 0 Å². The van der Waals surface area contributed by atoms with Gasteiger partial charge < -0.3 is 10.1 Å². The Balaban J connectivity index is 2.52. The molecule has 2 atom stereocenters. The topological polar surface area (TPSA) is 38.3 Å². The van der Waals surface area contributed by atoms with Gasteiger partial charge in [0, 0.05) is 6.04 Å². The molecule has 1 aliphatic heterocycles. The van der Waals surface area contributed by atoms with Crippen molar-refractivity contribution in [3.05, 3.63) is 0 Å². The van der Waals surface area contributed by atoms with Gasteiger partial charge in [-0.15, -0.1) is 0 Å². The second-order valence-electron chi connectivity index (χ2n) is 3.68. The van der Waals surface area contributed by atoms with Crippen LogP contribution in [0.4, 0.5) is 0 Å². The first-order valence-electron chi connectivity index (χ1n) is 4.51. The third-order valence-electron chi connectivity index (χ3n) is 1.93. The van der Waals surface area contributed by atoms with E-state index in [1.54, 1.807) is 0 Å². The highest BCUT2D eigenvalue weighted by Gasteiger charge is 2.33. The second-order valence-corrected chi connectivity index (χ2v) is 4.12. The molecule has 0 aromatic rings. The molecule has 0 amide bonds. The van der Waals surface area contributed by atoms with Gasteiger partial charge in [-0.25, -0.2) is 0 Å². The van der Waals surface area contributed by atoms with Gasteiger partial charge >= 0.3 is 5.97 Å². The zero-order chi connectivity index (χ0) is 10.0. The van der Waals surface area contributed by atoms with Crippen molar-refractivity contribution in [3.63, 3.8) is 0 Å². The van der Waals surface area contributed by atoms with E-state index in [9.17, 15) is 4.79 Å². The number of hydrogen-bond acceptors (Lipinski definition) is 3. The molecule has 1 aliphatic rings. The van der Waals surface area contributed by atoms with E-state index in [0.717, 1.165) is 6.42 Å². The third kappa shape index (κ3) is 2.66. The van der Waals surface area contributed by atoms with Crippen molar-refractivity contribution in [1.29, 1.82) is 0 Å². The lowest BCUT2D eigenvalue weighted by Crippen LogP contribution is -2.27. The van der Waals surface area contributed by atoms with Crippen LogP contribution in [0.25, 0.3) is 0 Å². The highest BCUT2D eigenvalue weighted by Crippen LogP contribution is 2.18. The average Bonchev–Trinajstić information content (AvgIpc) is 2.28. The predicted molar refractivity (Wildman–Crippen MR) is 54.5 cm³/mol. The molecule has 0 aliphatic carbocycles. The van der Waals surface area contributed by atoms with Crippen LogP contribution in [0.2, 0.25) is 0 Å². The monoisotopic (exact) mass is 201 g/mol. The molecule has 74 valence electrons. The lowest BCUT2D eigenvalue weighted by atomic mass is 10.1. The van der Waals surface area contributed by atoms with Gasteiger partial charge in [-0.1, -0.05) is 12.2 Å². The third-order valence-corrected chi connectivity index (χ3v) is 2.33. The van der Waals surface area contributed by atoms with Gasteiger partial charge in [0.1, 0.15) is 5.92 Å². The van der Waals surface area contributed by atoms with Crippen LogP contribution in [0.15, 0.2) is 0 Å². The number of carbonyl (C=O) groups excluding carboxylic acids is 1. The van der Waals surface area contributed by atoms with Gasteiger partial charge in [-0.05, 0) is 27.2 Å². The van der Waals surface area contributed by atoms with Gasteiger partial charge in [-0.3, -0.25) is 4.79 Å². The summed E-state index contributed by atoms with van der Waals surface area (Å²) in [4.78, 5) is 12.1. The van der Waals surface area contributed by atoms with Crippen LogP contribution >= 0.6 is 12.2 Å². The first kappa shape index (κ1) is 10.4. The maximum atomic E-state index is 11.5. The van der Waals surface area contributed by atoms with Crippen LogP contribution in [0, 0.1) is 5.92 Å². The van der Waals surface area contributed by atoms with Crippen molar-refractivity contribution < 1.29 is 9.53 Å². The van der Waals surface area contributed by atoms with Crippen molar-refractivity contribution in [1.82, 2.24) is 5.32 Å². The van der Waals surface area contributed by atoms with Crippen LogP contribution in [0.3, 0.4) is 0 Å². The largest absolute Gasteiger partial charge is 0.462 e. The second kappa shape index (κ2) is 4.05. The quantitative estimate of drug-likeness (QED) is 0.539. The summed E-state index contributed by atoms with van der Waals surface area (Å²) in [5, 5.41) is 3.05. The Morgan fingerprint density at radius 3 is 2.69 bits per heavy atom. The first-order valence-corrected chi connectivity index (χ1v) is 4.92. The molecule has 1 saturated heterocycles. The van der Waals surface area contributed by atoms with Crippen LogP contribution in [0.5, 0.6) is 0 Å². The summed E-state index contributed by atoms with van der Waals surface area (Å²) in [5.41, 5.74) is 0. The standard InChI is InChI=1S/C9H15NO2S/c1-5(2)12-9(11)7-4-6(3)10-8(7)13/h5-7H,4H2,1-3H3,(H,10,13). The lowest BCUT2D eigenvalue weighted by Gasteiger charge is -2.11. The Morgan fingerprint density at radius 1 is 1.69 bits per heavy atom. The number of rotatable bonds is 2. The zero-order valence-electron chi connectivity index (χ0n) is 8.16. The molecule has 3 nitrogen and oxygen atoms in total. The van der Waals surface area contributed by atoms with Gasteiger partial charge in [0.2, 0.25) is 0 Å². The molecule has 1 fully saturated rings. The summed E-state index contributed by atoms with van der Waals surface area (Å²) in [6.07, 6.45) is 0.691. The SMILES string of the molecule is CC1CC(C(=O)OC(C)C)C(=S)N1. The molecule has 0 radical (unpaired) electrons. The fourth-order valence-corrected chi connectivity index (χ4v) is 1.77. The number of hydrogen-bond donors (Lipinski definition) is 1. The van der Waals surface area contributed by atoms with Gasteiger partial charge in [0.15, 0.2) is 0 Å². The molecule has 1 heterocycles. The number of ether oxygens (including phenoxy) is 1. The molecule has 0 aromatic heterocycles. The minimum Gasteiger partial charge on any atom is -0.462 e. The van der Waals surface area contributed by atoms with E-state index in [1.807, 2.05) is 20.8 Å². The van der Waals surface area contributed by atoms with Crippen molar-refractivity contribution >= 4 is 23.2 Å². The molecule has 0 bridgehead atoms. The molecule has 1 N–H and O–H groups in total. The molecule has 0 aromatic carbocycles. The van der Waals surface area contributed by atoms with Crippen LogP contribution < -0.4 is 5.32 Å². The molecular formula is C9H15NO2S. The molecule has 13 heavy (non-hydrogen) atoms. The Kier molecular flexibility index (Phi) is 3.25. The average molecular weight is 201 g/mol. The van der Waals surface area contributed by atoms with Crippen LogP contribution in [-0.2, 0) is 9.53 Å². The van der Waals surface area contributed by atoms with Crippen molar-refractivity contribution in [2.45, 2.75) is 39.3 Å². The summed E-state index contributed by atoms with van der Waals surface area (Å²) in [6, 6.07) is 0.289. The Labute approximate surface area is 83.8 Å². The highest BCUT2D eigenvalue weighted by molar-refractivity contribution is 7.80. The Hall–Kier alpha value is -0.640. The van der Waals surface area contributed by atoms with E-state index < -0.39 is 0 Å². The fraction of sp³-hybridized carbons (Fsp3) is 0.778. The van der Waals surface area contributed by atoms with Crippen LogP contribution in [0.1, 0.15) is 27.2 Å². The summed E-state index contributed by atoms with van der Waals surface area (Å²) < 4.78 is 5.09. The molecule has 4 heteroatoms. The van der Waals surface area contributed by atoms with E-state index >= 15 is 0 Å². The number of esters is 1. The summed E-state index contributed by atoms with van der Waals surface area (Å²) in [6.45, 7) is 5.69. The maximum absolute atomic E-state index is 11.5. The highest BCUT2D eigenvalue weighted by atomic mass is 32.1. The number of thiocarbonyl (C=S) groups is 1. The number of nitrogens with one attached hydrogen (secondary N) is 1. The minimum absolute atomic E-state index is 0.0637. The molecule has 2 unspecified atom stereocenters. The summed E-state index contributed by atoms with van der Waals surface area (Å²) in [7, 11) is 0. The Morgan fingerprint density at radius 2 is 2.31 bits per heavy atom. The normalized spacial score (nSPS) is 27.5. The van der Waals surface area contributed by atoms with E-state index in [4.69, 9.17) is 17.0 Å². The molecule has 1 rings (SSSR count). The Bertz CT molecular complexity index is 228. The lowest BCUT2D eigenvalue weighted by molar-refractivity contribution is -0.149. The van der Waals surface area contributed by atoms with Gasteiger partial charge in [0.05, 0.1) is 11.1 Å². The first-order chi connectivity index (χ1) is 6.00. The van der Waals surface area contributed by atoms with E-state index in [1.165, 1.54) is 0 Å². The van der Waals surface area contributed by atoms with Crippen molar-refractivity contribution in [3.8, 4) is 0 Å². The minimum atomic E-state index is -0.229. The van der Waals surface area contributed by atoms with Crippen LogP contribution in [-0.4, -0.2) is 23.1 Å². The molecule has 0 spiro atoms. The predicted octanol–water partition coefficient (Wildman–Crippen LogP) is 1.26. The summed E-state index contributed by atoms with van der Waals surface area (Å²) >= 11 is 5.03. The smallest absolute Gasteiger partial charge is 0.316 e. The van der Waals surface area contributed by atoms with E-state index in [-0.39, 0.29) is 24.0 Å². The van der Waals surface area contributed by atoms with E-state index in [2.05, 4.69) is 5.32 Å². The summed E-state index contributed by atoms with van der Waals surface area (Å²) in [5.74, 6) is -0.427. The van der Waals surface area contributed by atoms with Crippen molar-refractivity contribution in [2.75, 3.05) is 0 Å². The van der Waals surface area contributed by atoms with Gasteiger partial charge in [0.25, 0.3) is 0 Å². The van der Waals surface area contributed by atoms with Crippen molar-refractivity contribution in [2.24, 2.45) is 5.92 Å². The van der Waals surface area contributed by atoms with E-state index in [0.29, 0.717) is 4.99 Å². The molecule has 0 saturated carbocycles. The fourth-order valence-electron chi connectivity index (χ4n) is 1.38.